The van der Waals surface area contributed by atoms with E-state index in [0.29, 0.717) is 0 Å². The molecular weight excluding hydrogens is 200 g/mol. The molecule has 2 atom stereocenters. The average Bonchev–Trinajstić information content (AvgIpc) is 2.10. The van der Waals surface area contributed by atoms with Crippen LogP contribution in [0, 0.1) is 0 Å². The summed E-state index contributed by atoms with van der Waals surface area (Å²) in [4.78, 5) is 22.8. The van der Waals surface area contributed by atoms with Crippen molar-refractivity contribution in [2.45, 2.75) is 26.1 Å². The molecule has 0 amide bonds. The monoisotopic (exact) mass is 212 g/mol. The molecule has 0 aromatic rings. The van der Waals surface area contributed by atoms with Crippen LogP contribution in [-0.2, 0) is 9.59 Å². The molecule has 5 heteroatoms. The average molecular weight is 212 g/mol. The molecule has 0 aromatic heterocycles. The Labute approximate surface area is 86.3 Å². The zero-order valence-electron chi connectivity index (χ0n) is 8.39. The maximum Gasteiger partial charge on any atom is 0.226 e. The summed E-state index contributed by atoms with van der Waals surface area (Å²) in [5.41, 5.74) is -0.494. The van der Waals surface area contributed by atoms with E-state index in [2.05, 4.69) is 0 Å². The van der Waals surface area contributed by atoms with Crippen molar-refractivity contribution in [1.82, 2.24) is 0 Å². The van der Waals surface area contributed by atoms with Crippen molar-refractivity contribution in [3.05, 3.63) is 23.0 Å². The molecule has 0 saturated carbocycles. The molecule has 3 N–H and O–H groups in total. The van der Waals surface area contributed by atoms with Gasteiger partial charge < -0.3 is 15.3 Å². The van der Waals surface area contributed by atoms with Gasteiger partial charge in [0.05, 0.1) is 17.8 Å². The number of Topliss-reactive ketones (excluding diaryl/α,β-unsaturated/α-hetero) is 1. The Morgan fingerprint density at radius 3 is 2.07 bits per heavy atom. The molecule has 1 rings (SSSR count). The Bertz CT molecular complexity index is 373. The number of carbonyl (C=O) groups excluding carboxylic acids is 2. The number of hydrogen-bond acceptors (Lipinski definition) is 5. The first kappa shape index (κ1) is 11.6. The van der Waals surface area contributed by atoms with Gasteiger partial charge in [0.1, 0.15) is 0 Å². The van der Waals surface area contributed by atoms with Crippen LogP contribution in [0.15, 0.2) is 23.0 Å². The molecule has 0 fully saturated rings. The standard InChI is InChI=1S/C10H12O5/c1-4(11)6-3-7(13)8(5(2)12)10(15)9(6)14/h3-5,11-12,15H,1-2H3. The second-order valence-corrected chi connectivity index (χ2v) is 3.41. The zero-order chi connectivity index (χ0) is 11.7. The van der Waals surface area contributed by atoms with Gasteiger partial charge >= 0.3 is 0 Å². The van der Waals surface area contributed by atoms with E-state index in [1.807, 2.05) is 0 Å². The summed E-state index contributed by atoms with van der Waals surface area (Å²) in [5.74, 6) is -2.26. The number of allylic oxidation sites excluding steroid dienone is 2. The van der Waals surface area contributed by atoms with E-state index < -0.39 is 29.5 Å². The van der Waals surface area contributed by atoms with Gasteiger partial charge in [-0.1, -0.05) is 0 Å². The predicted molar refractivity (Wildman–Crippen MR) is 51.1 cm³/mol. The molecule has 0 saturated heterocycles. The summed E-state index contributed by atoms with van der Waals surface area (Å²) in [6.45, 7) is 2.59. The molecule has 0 aromatic carbocycles. The van der Waals surface area contributed by atoms with Crippen molar-refractivity contribution in [3.63, 3.8) is 0 Å². The Morgan fingerprint density at radius 2 is 1.67 bits per heavy atom. The van der Waals surface area contributed by atoms with Gasteiger partial charge in [0, 0.05) is 5.57 Å². The number of rotatable bonds is 2. The lowest BCUT2D eigenvalue weighted by atomic mass is 9.90. The maximum absolute atomic E-state index is 11.4. The number of aliphatic hydroxyl groups is 3. The molecule has 82 valence electrons. The molecule has 0 bridgehead atoms. The first-order valence-electron chi connectivity index (χ1n) is 4.46. The summed E-state index contributed by atoms with van der Waals surface area (Å²) in [6.07, 6.45) is -1.40. The van der Waals surface area contributed by atoms with Crippen LogP contribution >= 0.6 is 0 Å². The van der Waals surface area contributed by atoms with Crippen LogP contribution in [-0.4, -0.2) is 39.1 Å². The van der Waals surface area contributed by atoms with Crippen molar-refractivity contribution < 1.29 is 24.9 Å². The molecule has 0 radical (unpaired) electrons. The van der Waals surface area contributed by atoms with Crippen molar-refractivity contribution in [1.29, 1.82) is 0 Å². The third-order valence-corrected chi connectivity index (χ3v) is 2.15. The number of aliphatic hydroxyl groups excluding tert-OH is 3. The lowest BCUT2D eigenvalue weighted by Gasteiger charge is -2.18. The van der Waals surface area contributed by atoms with E-state index in [1.54, 1.807) is 0 Å². The van der Waals surface area contributed by atoms with Gasteiger partial charge in [-0.3, -0.25) is 9.59 Å². The minimum Gasteiger partial charge on any atom is -0.504 e. The largest absolute Gasteiger partial charge is 0.504 e. The van der Waals surface area contributed by atoms with Crippen LogP contribution in [0.1, 0.15) is 13.8 Å². The molecule has 0 spiro atoms. The normalized spacial score (nSPS) is 21.5. The third kappa shape index (κ3) is 1.98. The van der Waals surface area contributed by atoms with Gasteiger partial charge in [-0.15, -0.1) is 0 Å². The van der Waals surface area contributed by atoms with Gasteiger partial charge in [-0.25, -0.2) is 0 Å². The molecule has 0 aliphatic heterocycles. The number of ketones is 2. The third-order valence-electron chi connectivity index (χ3n) is 2.15. The Hall–Kier alpha value is -1.46. The molecule has 0 heterocycles. The Morgan fingerprint density at radius 1 is 1.13 bits per heavy atom. The van der Waals surface area contributed by atoms with Crippen LogP contribution in [0.2, 0.25) is 0 Å². The molecule has 1 aliphatic rings. The van der Waals surface area contributed by atoms with Gasteiger partial charge in [0.15, 0.2) is 11.5 Å². The highest BCUT2D eigenvalue weighted by atomic mass is 16.3. The smallest absolute Gasteiger partial charge is 0.226 e. The van der Waals surface area contributed by atoms with Crippen LogP contribution in [0.3, 0.4) is 0 Å². The fourth-order valence-corrected chi connectivity index (χ4v) is 1.37. The summed E-state index contributed by atoms with van der Waals surface area (Å²) in [5, 5.41) is 27.7. The maximum atomic E-state index is 11.4. The summed E-state index contributed by atoms with van der Waals surface area (Å²) >= 11 is 0. The topological polar surface area (TPSA) is 94.8 Å². The van der Waals surface area contributed by atoms with Gasteiger partial charge in [-0.05, 0) is 19.9 Å². The SMILES string of the molecule is CC(O)C1=CC(=O)C(C(C)O)=C(O)C1=O. The molecule has 2 unspecified atom stereocenters. The minimum atomic E-state index is -1.21. The predicted octanol–water partition coefficient (Wildman–Crippen LogP) is -0.362. The van der Waals surface area contributed by atoms with Crippen LogP contribution in [0.5, 0.6) is 0 Å². The van der Waals surface area contributed by atoms with E-state index in [4.69, 9.17) is 0 Å². The van der Waals surface area contributed by atoms with E-state index >= 15 is 0 Å². The summed E-state index contributed by atoms with van der Waals surface area (Å²) < 4.78 is 0. The van der Waals surface area contributed by atoms with Crippen LogP contribution in [0.4, 0.5) is 0 Å². The first-order valence-corrected chi connectivity index (χ1v) is 4.46. The lowest BCUT2D eigenvalue weighted by Crippen LogP contribution is -2.28. The van der Waals surface area contributed by atoms with Crippen molar-refractivity contribution in [2.75, 3.05) is 0 Å². The highest BCUT2D eigenvalue weighted by Gasteiger charge is 2.32. The zero-order valence-corrected chi connectivity index (χ0v) is 8.39. The second-order valence-electron chi connectivity index (χ2n) is 3.41. The summed E-state index contributed by atoms with van der Waals surface area (Å²) in [7, 11) is 0. The van der Waals surface area contributed by atoms with E-state index in [9.17, 15) is 24.9 Å². The molecule has 15 heavy (non-hydrogen) atoms. The van der Waals surface area contributed by atoms with Crippen molar-refractivity contribution in [3.8, 4) is 0 Å². The Balaban J connectivity index is 3.20. The fourth-order valence-electron chi connectivity index (χ4n) is 1.37. The highest BCUT2D eigenvalue weighted by molar-refractivity contribution is 6.22. The van der Waals surface area contributed by atoms with Gasteiger partial charge in [-0.2, -0.15) is 0 Å². The first-order chi connectivity index (χ1) is 6.86. The Kier molecular flexibility index (Phi) is 3.06. The van der Waals surface area contributed by atoms with E-state index in [1.165, 1.54) is 13.8 Å². The minimum absolute atomic E-state index is 0.165. The number of carbonyl (C=O) groups is 2. The van der Waals surface area contributed by atoms with Crippen molar-refractivity contribution >= 4 is 11.6 Å². The summed E-state index contributed by atoms with van der Waals surface area (Å²) in [6, 6.07) is 0. The fraction of sp³-hybridized carbons (Fsp3) is 0.400. The molecule has 1 aliphatic carbocycles. The molecule has 5 nitrogen and oxygen atoms in total. The van der Waals surface area contributed by atoms with E-state index in [-0.39, 0.29) is 11.1 Å². The molecular formula is C10H12O5. The van der Waals surface area contributed by atoms with Crippen molar-refractivity contribution in [2.24, 2.45) is 0 Å². The number of hydrogen-bond donors (Lipinski definition) is 3. The van der Waals surface area contributed by atoms with Crippen LogP contribution in [0.25, 0.3) is 0 Å². The van der Waals surface area contributed by atoms with Gasteiger partial charge in [0.25, 0.3) is 0 Å². The van der Waals surface area contributed by atoms with Gasteiger partial charge in [0.2, 0.25) is 5.78 Å². The highest BCUT2D eigenvalue weighted by Crippen LogP contribution is 2.21. The quantitative estimate of drug-likeness (QED) is 0.543. The van der Waals surface area contributed by atoms with E-state index in [0.717, 1.165) is 6.08 Å². The second kappa shape index (κ2) is 3.96. The van der Waals surface area contributed by atoms with Crippen LogP contribution < -0.4 is 0 Å². The lowest BCUT2D eigenvalue weighted by molar-refractivity contribution is -0.119.